The molecule has 0 saturated heterocycles. The van der Waals surface area contributed by atoms with Gasteiger partial charge in [0.05, 0.1) is 4.34 Å². The van der Waals surface area contributed by atoms with Crippen molar-refractivity contribution in [1.82, 2.24) is 0 Å². The number of nitrogens with zero attached hydrogens (tertiary/aromatic N) is 1. The molecule has 0 aromatic carbocycles. The lowest BCUT2D eigenvalue weighted by molar-refractivity contribution is 1.55. The second-order valence-corrected chi connectivity index (χ2v) is 2.74. The summed E-state index contributed by atoms with van der Waals surface area (Å²) in [7, 11) is 0. The predicted molar refractivity (Wildman–Crippen MR) is 34.8 cm³/mol. The topological polar surface area (TPSA) is 29.4 Å². The Hall–Kier alpha value is -0.410. The van der Waals surface area contributed by atoms with Gasteiger partial charge in [-0.3, -0.25) is 0 Å². The number of hydrogen-bond acceptors (Lipinski definition) is 3. The summed E-state index contributed by atoms with van der Waals surface area (Å²) in [4.78, 5) is 9.72. The van der Waals surface area contributed by atoms with E-state index in [9.17, 15) is 4.91 Å². The molecule has 0 aliphatic heterocycles. The maximum atomic E-state index is 9.72. The average molecular weight is 148 g/mol. The van der Waals surface area contributed by atoms with Crippen molar-refractivity contribution in [2.45, 2.75) is 0 Å². The van der Waals surface area contributed by atoms with Crippen LogP contribution in [0.1, 0.15) is 0 Å². The van der Waals surface area contributed by atoms with Crippen LogP contribution in [-0.4, -0.2) is 0 Å². The van der Waals surface area contributed by atoms with Crippen molar-refractivity contribution < 1.29 is 0 Å². The molecule has 0 N–H and O–H groups in total. The number of halogens is 1. The lowest BCUT2D eigenvalue weighted by Crippen LogP contribution is -1.42. The molecule has 0 saturated carbocycles. The van der Waals surface area contributed by atoms with E-state index >= 15 is 0 Å². The first-order chi connectivity index (χ1) is 3.83. The Bertz CT molecular complexity index is 198. The quantitative estimate of drug-likeness (QED) is 0.562. The predicted octanol–water partition coefficient (Wildman–Crippen LogP) is 2.80. The third-order valence-corrected chi connectivity index (χ3v) is 1.74. The molecular weight excluding hydrogens is 146 g/mol. The van der Waals surface area contributed by atoms with Gasteiger partial charge in [-0.2, -0.15) is 0 Å². The van der Waals surface area contributed by atoms with E-state index in [1.165, 1.54) is 17.4 Å². The third-order valence-electron chi connectivity index (χ3n) is 0.659. The molecule has 0 spiro atoms. The molecule has 8 heavy (non-hydrogen) atoms. The second-order valence-electron chi connectivity index (χ2n) is 1.20. The summed E-state index contributed by atoms with van der Waals surface area (Å²) < 4.78 is 0.597. The van der Waals surface area contributed by atoms with E-state index in [0.29, 0.717) is 10.0 Å². The summed E-state index contributed by atoms with van der Waals surface area (Å²) in [5, 5.41) is 4.27. The lowest BCUT2D eigenvalue weighted by Gasteiger charge is -1.67. The fourth-order valence-electron chi connectivity index (χ4n) is 0.349. The van der Waals surface area contributed by atoms with Gasteiger partial charge in [0.15, 0.2) is 0 Å². The van der Waals surface area contributed by atoms with Crippen molar-refractivity contribution in [2.24, 2.45) is 5.18 Å². The van der Waals surface area contributed by atoms with Gasteiger partial charge in [0.25, 0.3) is 0 Å². The molecule has 1 rings (SSSR count). The summed E-state index contributed by atoms with van der Waals surface area (Å²) in [5.41, 5.74) is 0.403. The lowest BCUT2D eigenvalue weighted by atomic mass is 10.6. The summed E-state index contributed by atoms with van der Waals surface area (Å²) in [6, 6.07) is 1.53. The van der Waals surface area contributed by atoms with Crippen molar-refractivity contribution in [2.75, 3.05) is 0 Å². The number of nitroso groups, excluding NO2 is 1. The molecule has 0 bridgehead atoms. The zero-order valence-electron chi connectivity index (χ0n) is 3.80. The molecule has 0 unspecified atom stereocenters. The Morgan fingerprint density at radius 1 is 1.75 bits per heavy atom. The summed E-state index contributed by atoms with van der Waals surface area (Å²) in [6.07, 6.45) is 0. The Kier molecular flexibility index (Phi) is 1.60. The van der Waals surface area contributed by atoms with Gasteiger partial charge in [0, 0.05) is 5.38 Å². The van der Waals surface area contributed by atoms with Gasteiger partial charge in [0.1, 0.15) is 5.69 Å². The molecule has 4 heteroatoms. The summed E-state index contributed by atoms with van der Waals surface area (Å²) >= 11 is 6.76. The zero-order chi connectivity index (χ0) is 5.98. The van der Waals surface area contributed by atoms with E-state index in [0.717, 1.165) is 0 Å². The van der Waals surface area contributed by atoms with E-state index in [2.05, 4.69) is 5.18 Å². The van der Waals surface area contributed by atoms with Gasteiger partial charge in [-0.1, -0.05) is 11.6 Å². The van der Waals surface area contributed by atoms with Crippen LogP contribution in [0, 0.1) is 4.91 Å². The van der Waals surface area contributed by atoms with Gasteiger partial charge in [-0.05, 0) is 11.2 Å². The van der Waals surface area contributed by atoms with Crippen LogP contribution in [0.15, 0.2) is 16.6 Å². The highest BCUT2D eigenvalue weighted by Crippen LogP contribution is 2.25. The average Bonchev–Trinajstić information content (AvgIpc) is 2.14. The van der Waals surface area contributed by atoms with Gasteiger partial charge < -0.3 is 0 Å². The van der Waals surface area contributed by atoms with Gasteiger partial charge in [0.2, 0.25) is 0 Å². The van der Waals surface area contributed by atoms with E-state index < -0.39 is 0 Å². The molecule has 2 nitrogen and oxygen atoms in total. The maximum Gasteiger partial charge on any atom is 0.120 e. The molecule has 1 aromatic heterocycles. The minimum atomic E-state index is 0.403. The second kappa shape index (κ2) is 2.24. The molecule has 1 heterocycles. The van der Waals surface area contributed by atoms with E-state index in [1.54, 1.807) is 5.38 Å². The molecule has 0 aliphatic rings. The van der Waals surface area contributed by atoms with Crippen LogP contribution in [-0.2, 0) is 0 Å². The molecule has 0 atom stereocenters. The highest BCUT2D eigenvalue weighted by atomic mass is 35.5. The summed E-state index contributed by atoms with van der Waals surface area (Å²) in [5.74, 6) is 0. The Morgan fingerprint density at radius 3 is 2.75 bits per heavy atom. The Labute approximate surface area is 55.1 Å². The van der Waals surface area contributed by atoms with E-state index in [-0.39, 0.29) is 0 Å². The van der Waals surface area contributed by atoms with Crippen LogP contribution in [0.4, 0.5) is 5.69 Å². The van der Waals surface area contributed by atoms with Crippen LogP contribution < -0.4 is 0 Å². The third kappa shape index (κ3) is 1.05. The summed E-state index contributed by atoms with van der Waals surface area (Å²) in [6.45, 7) is 0. The molecular formula is C4H2ClNOS. The fraction of sp³-hybridized carbons (Fsp3) is 0. The standard InChI is InChI=1S/C4H2ClNOS/c5-4-1-3(6-7)2-8-4/h1-2H. The first-order valence-electron chi connectivity index (χ1n) is 1.90. The normalized spacial score (nSPS) is 9.12. The molecule has 42 valence electrons. The van der Waals surface area contributed by atoms with Gasteiger partial charge in [-0.15, -0.1) is 16.2 Å². The number of thiophene rings is 1. The highest BCUT2D eigenvalue weighted by Gasteiger charge is 1.93. The van der Waals surface area contributed by atoms with Gasteiger partial charge in [-0.25, -0.2) is 0 Å². The SMILES string of the molecule is O=Nc1csc(Cl)c1. The fourth-order valence-corrected chi connectivity index (χ4v) is 1.13. The minimum absolute atomic E-state index is 0.403. The van der Waals surface area contributed by atoms with Crippen molar-refractivity contribution in [3.05, 3.63) is 20.7 Å². The first-order valence-corrected chi connectivity index (χ1v) is 3.16. The first kappa shape index (κ1) is 5.72. The van der Waals surface area contributed by atoms with Crippen molar-refractivity contribution >= 4 is 28.6 Å². The van der Waals surface area contributed by atoms with Crippen LogP contribution in [0.3, 0.4) is 0 Å². The number of rotatable bonds is 1. The monoisotopic (exact) mass is 147 g/mol. The molecule has 0 aliphatic carbocycles. The molecule has 0 radical (unpaired) electrons. The van der Waals surface area contributed by atoms with Crippen LogP contribution in [0.25, 0.3) is 0 Å². The zero-order valence-corrected chi connectivity index (χ0v) is 5.37. The molecule has 0 fully saturated rings. The number of hydrogen-bond donors (Lipinski definition) is 0. The largest absolute Gasteiger partial charge is 0.145 e. The van der Waals surface area contributed by atoms with Crippen molar-refractivity contribution in [1.29, 1.82) is 0 Å². The van der Waals surface area contributed by atoms with Crippen LogP contribution >= 0.6 is 22.9 Å². The Balaban J connectivity index is 3.00. The van der Waals surface area contributed by atoms with Crippen LogP contribution in [0.2, 0.25) is 4.34 Å². The Morgan fingerprint density at radius 2 is 2.50 bits per heavy atom. The smallest absolute Gasteiger partial charge is 0.120 e. The van der Waals surface area contributed by atoms with E-state index in [1.807, 2.05) is 0 Å². The molecule has 1 aromatic rings. The maximum absolute atomic E-state index is 9.72. The highest BCUT2D eigenvalue weighted by molar-refractivity contribution is 7.14. The van der Waals surface area contributed by atoms with E-state index in [4.69, 9.17) is 11.6 Å². The van der Waals surface area contributed by atoms with Gasteiger partial charge >= 0.3 is 0 Å². The van der Waals surface area contributed by atoms with Crippen LogP contribution in [0.5, 0.6) is 0 Å². The van der Waals surface area contributed by atoms with Crippen molar-refractivity contribution in [3.8, 4) is 0 Å². The van der Waals surface area contributed by atoms with Crippen molar-refractivity contribution in [3.63, 3.8) is 0 Å². The molecule has 0 amide bonds. The minimum Gasteiger partial charge on any atom is -0.145 e.